The third-order valence-electron chi connectivity index (χ3n) is 4.10. The second kappa shape index (κ2) is 8.50. The Morgan fingerprint density at radius 3 is 2.39 bits per heavy atom. The molecule has 0 aliphatic rings. The summed E-state index contributed by atoms with van der Waals surface area (Å²) in [6, 6.07) is 18.7. The quantitative estimate of drug-likeness (QED) is 0.404. The van der Waals surface area contributed by atoms with Gasteiger partial charge in [0.05, 0.1) is 10.6 Å². The van der Waals surface area contributed by atoms with E-state index in [0.717, 1.165) is 11.1 Å². The number of thiol groups is 1. The zero-order valence-corrected chi connectivity index (χ0v) is 16.9. The molecule has 0 bridgehead atoms. The number of phenols is 1. The van der Waals surface area contributed by atoms with Crippen molar-refractivity contribution in [3.63, 3.8) is 0 Å². The maximum atomic E-state index is 12.4. The molecule has 28 heavy (non-hydrogen) atoms. The number of nitrogens with zero attached hydrogens (tertiary/aromatic N) is 1. The van der Waals surface area contributed by atoms with Crippen LogP contribution < -0.4 is 4.72 Å². The summed E-state index contributed by atoms with van der Waals surface area (Å²) in [6.45, 7) is 1.90. The molecule has 3 aromatic carbocycles. The van der Waals surface area contributed by atoms with Crippen LogP contribution in [0.3, 0.4) is 0 Å². The van der Waals surface area contributed by atoms with Crippen LogP contribution in [0.25, 0.3) is 0 Å². The summed E-state index contributed by atoms with van der Waals surface area (Å²) >= 11 is 4.28. The zero-order valence-electron chi connectivity index (χ0n) is 15.2. The van der Waals surface area contributed by atoms with Gasteiger partial charge in [-0.1, -0.05) is 29.8 Å². The molecule has 0 fully saturated rings. The number of rotatable bonds is 6. The molecule has 0 saturated heterocycles. The van der Waals surface area contributed by atoms with Gasteiger partial charge in [0.25, 0.3) is 10.0 Å². The first-order valence-electron chi connectivity index (χ1n) is 8.57. The molecule has 2 N–H and O–H groups in total. The number of benzene rings is 3. The molecule has 0 spiro atoms. The van der Waals surface area contributed by atoms with Crippen LogP contribution in [0.15, 0.2) is 81.5 Å². The lowest BCUT2D eigenvalue weighted by atomic mass is 10.1. The summed E-state index contributed by atoms with van der Waals surface area (Å²) in [7, 11) is -3.63. The predicted molar refractivity (Wildman–Crippen MR) is 116 cm³/mol. The third kappa shape index (κ3) is 4.94. The minimum absolute atomic E-state index is 0.138. The Labute approximate surface area is 170 Å². The van der Waals surface area contributed by atoms with Crippen molar-refractivity contribution in [1.82, 2.24) is 0 Å². The van der Waals surface area contributed by atoms with Gasteiger partial charge in [-0.2, -0.15) is 0 Å². The van der Waals surface area contributed by atoms with E-state index in [2.05, 4.69) is 22.3 Å². The lowest BCUT2D eigenvalue weighted by molar-refractivity contribution is 0.461. The molecule has 5 nitrogen and oxygen atoms in total. The summed E-state index contributed by atoms with van der Waals surface area (Å²) in [5, 5.41) is 9.66. The highest BCUT2D eigenvalue weighted by Gasteiger charge is 2.13. The molecule has 3 rings (SSSR count). The van der Waals surface area contributed by atoms with Crippen LogP contribution in [-0.4, -0.2) is 19.7 Å². The number of aryl methyl sites for hydroxylation is 1. The van der Waals surface area contributed by atoms with Crippen molar-refractivity contribution >= 4 is 40.2 Å². The van der Waals surface area contributed by atoms with Crippen LogP contribution in [0, 0.1) is 6.92 Å². The van der Waals surface area contributed by atoms with E-state index in [0.29, 0.717) is 22.7 Å². The molecule has 0 saturated carbocycles. The van der Waals surface area contributed by atoms with Gasteiger partial charge in [-0.25, -0.2) is 8.42 Å². The SMILES string of the molecule is Cc1ccc(S(=O)(=O)Nc2ccc(N=CCc3cccc(O)c3S)cc2)cc1. The van der Waals surface area contributed by atoms with Crippen LogP contribution in [0.2, 0.25) is 0 Å². The van der Waals surface area contributed by atoms with Crippen molar-refractivity contribution in [2.75, 3.05) is 4.72 Å². The van der Waals surface area contributed by atoms with E-state index in [-0.39, 0.29) is 10.6 Å². The molecular formula is C21H20N2O3S2. The number of phenolic OH excluding ortho intramolecular Hbond substituents is 1. The average Bonchev–Trinajstić information content (AvgIpc) is 2.67. The Kier molecular flexibility index (Phi) is 6.06. The van der Waals surface area contributed by atoms with E-state index < -0.39 is 10.0 Å². The van der Waals surface area contributed by atoms with Crippen molar-refractivity contribution in [3.8, 4) is 5.75 Å². The Morgan fingerprint density at radius 1 is 1.04 bits per heavy atom. The molecule has 0 amide bonds. The van der Waals surface area contributed by atoms with Gasteiger partial charge in [0.15, 0.2) is 0 Å². The maximum Gasteiger partial charge on any atom is 0.261 e. The first-order valence-corrected chi connectivity index (χ1v) is 10.5. The Morgan fingerprint density at radius 2 is 1.71 bits per heavy atom. The highest BCUT2D eigenvalue weighted by atomic mass is 32.2. The smallest absolute Gasteiger partial charge is 0.261 e. The minimum atomic E-state index is -3.63. The first kappa shape index (κ1) is 20.0. The standard InChI is InChI=1S/C21H20N2O3S2/c1-15-5-11-19(12-6-15)28(25,26)23-18-9-7-17(8-10-18)22-14-13-16-3-2-4-20(24)21(16)27/h2-12,14,23-24,27H,13H2,1H3. The van der Waals surface area contributed by atoms with Crippen LogP contribution in [0.1, 0.15) is 11.1 Å². The summed E-state index contributed by atoms with van der Waals surface area (Å²) in [5.41, 5.74) is 3.02. The lowest BCUT2D eigenvalue weighted by Gasteiger charge is -2.08. The van der Waals surface area contributed by atoms with E-state index in [9.17, 15) is 13.5 Å². The molecule has 0 aliphatic carbocycles. The summed E-state index contributed by atoms with van der Waals surface area (Å²) < 4.78 is 27.4. The van der Waals surface area contributed by atoms with Crippen molar-refractivity contribution in [2.45, 2.75) is 23.1 Å². The van der Waals surface area contributed by atoms with E-state index in [1.165, 1.54) is 0 Å². The number of nitrogens with one attached hydrogen (secondary N) is 1. The Hall–Kier alpha value is -2.77. The molecule has 0 heterocycles. The largest absolute Gasteiger partial charge is 0.507 e. The highest BCUT2D eigenvalue weighted by Crippen LogP contribution is 2.25. The van der Waals surface area contributed by atoms with Crippen LogP contribution in [0.5, 0.6) is 5.75 Å². The predicted octanol–water partition coefficient (Wildman–Crippen LogP) is 4.74. The van der Waals surface area contributed by atoms with Crippen molar-refractivity contribution < 1.29 is 13.5 Å². The topological polar surface area (TPSA) is 78.8 Å². The fourth-order valence-electron chi connectivity index (χ4n) is 2.54. The number of aliphatic imine (C=N–C) groups is 1. The number of aromatic hydroxyl groups is 1. The number of anilines is 1. The average molecular weight is 413 g/mol. The molecular weight excluding hydrogens is 392 g/mol. The van der Waals surface area contributed by atoms with E-state index in [1.54, 1.807) is 66.9 Å². The summed E-state index contributed by atoms with van der Waals surface area (Å²) in [5.74, 6) is 0.138. The van der Waals surface area contributed by atoms with Gasteiger partial charge in [-0.05, 0) is 55.0 Å². The van der Waals surface area contributed by atoms with Crippen LogP contribution in [0.4, 0.5) is 11.4 Å². The fourth-order valence-corrected chi connectivity index (χ4v) is 3.84. The molecule has 0 radical (unpaired) electrons. The van der Waals surface area contributed by atoms with Crippen molar-refractivity contribution in [3.05, 3.63) is 77.9 Å². The second-order valence-corrected chi connectivity index (χ2v) is 8.40. The van der Waals surface area contributed by atoms with E-state index in [4.69, 9.17) is 0 Å². The Balaban J connectivity index is 1.66. The molecule has 144 valence electrons. The normalized spacial score (nSPS) is 11.6. The fraction of sp³-hybridized carbons (Fsp3) is 0.0952. The summed E-state index contributed by atoms with van der Waals surface area (Å²) in [4.78, 5) is 5.11. The van der Waals surface area contributed by atoms with Gasteiger partial charge in [-0.3, -0.25) is 9.71 Å². The van der Waals surface area contributed by atoms with Gasteiger partial charge >= 0.3 is 0 Å². The second-order valence-electron chi connectivity index (χ2n) is 6.27. The molecule has 0 aliphatic heterocycles. The molecule has 3 aromatic rings. The van der Waals surface area contributed by atoms with Gasteiger partial charge in [-0.15, -0.1) is 12.6 Å². The minimum Gasteiger partial charge on any atom is -0.507 e. The molecule has 0 aromatic heterocycles. The van der Waals surface area contributed by atoms with Gasteiger partial charge in [0.1, 0.15) is 5.75 Å². The van der Waals surface area contributed by atoms with Gasteiger partial charge in [0, 0.05) is 23.2 Å². The maximum absolute atomic E-state index is 12.4. The van der Waals surface area contributed by atoms with E-state index in [1.807, 2.05) is 13.0 Å². The monoisotopic (exact) mass is 412 g/mol. The zero-order chi connectivity index (χ0) is 20.1. The van der Waals surface area contributed by atoms with Crippen molar-refractivity contribution in [2.24, 2.45) is 4.99 Å². The number of sulfonamides is 1. The first-order chi connectivity index (χ1) is 13.3. The molecule has 0 unspecified atom stereocenters. The third-order valence-corrected chi connectivity index (χ3v) is 6.01. The lowest BCUT2D eigenvalue weighted by Crippen LogP contribution is -2.12. The Bertz CT molecular complexity index is 1090. The number of hydrogen-bond acceptors (Lipinski definition) is 5. The van der Waals surface area contributed by atoms with Crippen LogP contribution in [-0.2, 0) is 16.4 Å². The summed E-state index contributed by atoms with van der Waals surface area (Å²) in [6.07, 6.45) is 2.25. The van der Waals surface area contributed by atoms with Crippen molar-refractivity contribution in [1.29, 1.82) is 0 Å². The molecule has 0 atom stereocenters. The number of hydrogen-bond donors (Lipinski definition) is 3. The van der Waals surface area contributed by atoms with Crippen LogP contribution >= 0.6 is 12.6 Å². The van der Waals surface area contributed by atoms with E-state index >= 15 is 0 Å². The van der Waals surface area contributed by atoms with Gasteiger partial charge < -0.3 is 5.11 Å². The highest BCUT2D eigenvalue weighted by molar-refractivity contribution is 7.92. The molecule has 7 heteroatoms. The van der Waals surface area contributed by atoms with Gasteiger partial charge in [0.2, 0.25) is 0 Å².